The molecule has 0 aliphatic carbocycles. The van der Waals surface area contributed by atoms with Crippen molar-refractivity contribution < 1.29 is 13.2 Å². The Kier molecular flexibility index (Phi) is 5.38. The van der Waals surface area contributed by atoms with E-state index in [2.05, 4.69) is 20.2 Å². The molecule has 0 aliphatic rings. The van der Waals surface area contributed by atoms with Crippen LogP contribution in [0.5, 0.6) is 0 Å². The molecule has 0 aliphatic heterocycles. The maximum absolute atomic E-state index is 12.4. The van der Waals surface area contributed by atoms with Gasteiger partial charge in [-0.05, 0) is 55.5 Å². The summed E-state index contributed by atoms with van der Waals surface area (Å²) in [5.74, 6) is -0.226. The van der Waals surface area contributed by atoms with Crippen molar-refractivity contribution in [2.24, 2.45) is 0 Å². The topological polar surface area (TPSA) is 101 Å². The molecule has 0 unspecified atom stereocenters. The average molecular weight is 403 g/mol. The number of rotatable bonds is 5. The van der Waals surface area contributed by atoms with Gasteiger partial charge in [-0.1, -0.05) is 29.3 Å². The zero-order valence-corrected chi connectivity index (χ0v) is 15.8. The minimum absolute atomic E-state index is 0.0209. The van der Waals surface area contributed by atoms with Crippen molar-refractivity contribution in [3.63, 3.8) is 0 Å². The van der Waals surface area contributed by atoms with Crippen LogP contribution in [0.1, 0.15) is 15.9 Å². The maximum atomic E-state index is 12.4. The van der Waals surface area contributed by atoms with Crippen LogP contribution >= 0.6 is 11.6 Å². The van der Waals surface area contributed by atoms with Crippen molar-refractivity contribution >= 4 is 39.0 Å². The molecular formula is C18H15ClN4O3S. The van der Waals surface area contributed by atoms with Crippen LogP contribution < -0.4 is 10.0 Å². The van der Waals surface area contributed by atoms with E-state index in [-0.39, 0.29) is 21.8 Å². The third-order valence-electron chi connectivity index (χ3n) is 3.61. The smallest absolute Gasteiger partial charge is 0.263 e. The third-order valence-corrected chi connectivity index (χ3v) is 5.18. The lowest BCUT2D eigenvalue weighted by Crippen LogP contribution is -2.15. The van der Waals surface area contributed by atoms with Crippen LogP contribution in [0.25, 0.3) is 0 Å². The van der Waals surface area contributed by atoms with Crippen LogP contribution in [0.4, 0.5) is 11.5 Å². The van der Waals surface area contributed by atoms with E-state index < -0.39 is 10.0 Å². The number of benzene rings is 2. The molecule has 3 rings (SSSR count). The largest absolute Gasteiger partial charge is 0.322 e. The van der Waals surface area contributed by atoms with Crippen LogP contribution in [0.3, 0.4) is 0 Å². The van der Waals surface area contributed by atoms with E-state index in [1.165, 1.54) is 36.4 Å². The summed E-state index contributed by atoms with van der Waals surface area (Å²) >= 11 is 5.63. The molecule has 0 spiro atoms. The van der Waals surface area contributed by atoms with Crippen molar-refractivity contribution in [3.05, 3.63) is 76.9 Å². The van der Waals surface area contributed by atoms with E-state index in [0.29, 0.717) is 11.3 Å². The molecule has 0 fully saturated rings. The molecule has 2 N–H and O–H groups in total. The molecular weight excluding hydrogens is 388 g/mol. The van der Waals surface area contributed by atoms with Gasteiger partial charge >= 0.3 is 0 Å². The Morgan fingerprint density at radius 1 is 0.926 bits per heavy atom. The first-order chi connectivity index (χ1) is 12.8. The van der Waals surface area contributed by atoms with E-state index in [1.54, 1.807) is 12.1 Å². The molecule has 0 bridgehead atoms. The van der Waals surface area contributed by atoms with Gasteiger partial charge < -0.3 is 5.32 Å². The highest BCUT2D eigenvalue weighted by molar-refractivity contribution is 7.92. The van der Waals surface area contributed by atoms with E-state index >= 15 is 0 Å². The van der Waals surface area contributed by atoms with Crippen molar-refractivity contribution in [3.8, 4) is 0 Å². The lowest BCUT2D eigenvalue weighted by Gasteiger charge is -2.09. The minimum atomic E-state index is -3.84. The molecule has 138 valence electrons. The Bertz CT molecular complexity index is 1050. The van der Waals surface area contributed by atoms with Gasteiger partial charge in [0.05, 0.1) is 4.90 Å². The number of hydrogen-bond donors (Lipinski definition) is 2. The molecule has 0 saturated heterocycles. The zero-order chi connectivity index (χ0) is 19.4. The molecule has 27 heavy (non-hydrogen) atoms. The van der Waals surface area contributed by atoms with Gasteiger partial charge in [-0.15, -0.1) is 10.2 Å². The Hall–Kier alpha value is -2.97. The maximum Gasteiger partial charge on any atom is 0.263 e. The molecule has 7 nitrogen and oxygen atoms in total. The van der Waals surface area contributed by atoms with E-state index in [1.807, 2.05) is 19.1 Å². The second kappa shape index (κ2) is 7.73. The fourth-order valence-electron chi connectivity index (χ4n) is 2.19. The summed E-state index contributed by atoms with van der Waals surface area (Å²) in [6.07, 6.45) is 0. The molecule has 0 saturated carbocycles. The Balaban J connectivity index is 1.71. The summed E-state index contributed by atoms with van der Waals surface area (Å²) < 4.78 is 27.1. The minimum Gasteiger partial charge on any atom is -0.322 e. The molecule has 0 radical (unpaired) electrons. The van der Waals surface area contributed by atoms with Crippen LogP contribution in [-0.4, -0.2) is 24.5 Å². The number of sulfonamides is 1. The first-order valence-electron chi connectivity index (χ1n) is 7.84. The number of amides is 1. The van der Waals surface area contributed by atoms with E-state index in [0.717, 1.165) is 5.56 Å². The van der Waals surface area contributed by atoms with E-state index in [4.69, 9.17) is 11.6 Å². The highest BCUT2D eigenvalue weighted by atomic mass is 35.5. The normalized spacial score (nSPS) is 11.0. The molecule has 2 aromatic carbocycles. The van der Waals surface area contributed by atoms with E-state index in [9.17, 15) is 13.2 Å². The molecule has 0 atom stereocenters. The number of aromatic nitrogens is 2. The number of aryl methyl sites for hydroxylation is 1. The van der Waals surface area contributed by atoms with Crippen LogP contribution in [0.15, 0.2) is 65.6 Å². The molecule has 1 aromatic heterocycles. The Labute approximate surface area is 161 Å². The lowest BCUT2D eigenvalue weighted by atomic mass is 10.1. The second-order valence-corrected chi connectivity index (χ2v) is 7.76. The van der Waals surface area contributed by atoms with Crippen molar-refractivity contribution in [1.82, 2.24) is 10.2 Å². The highest BCUT2D eigenvalue weighted by Gasteiger charge is 2.15. The summed E-state index contributed by atoms with van der Waals surface area (Å²) in [4.78, 5) is 12.2. The van der Waals surface area contributed by atoms with Crippen molar-refractivity contribution in [1.29, 1.82) is 0 Å². The SMILES string of the molecule is Cc1ccc(C(=O)Nc2ccc(S(=O)(=O)Nc3ccc(Cl)nn3)cc2)cc1. The van der Waals surface area contributed by atoms with Gasteiger partial charge in [-0.25, -0.2) is 8.42 Å². The fraction of sp³-hybridized carbons (Fsp3) is 0.0556. The lowest BCUT2D eigenvalue weighted by molar-refractivity contribution is 0.102. The van der Waals surface area contributed by atoms with Crippen molar-refractivity contribution in [2.75, 3.05) is 10.0 Å². The number of nitrogens with zero attached hydrogens (tertiary/aromatic N) is 2. The van der Waals surface area contributed by atoms with Crippen LogP contribution in [0, 0.1) is 6.92 Å². The van der Waals surface area contributed by atoms with Gasteiger partial charge in [0, 0.05) is 11.3 Å². The second-order valence-electron chi connectivity index (χ2n) is 5.69. The number of carbonyl (C=O) groups excluding carboxylic acids is 1. The van der Waals surface area contributed by atoms with Gasteiger partial charge in [0.2, 0.25) is 0 Å². The zero-order valence-electron chi connectivity index (χ0n) is 14.2. The van der Waals surface area contributed by atoms with Gasteiger partial charge in [0.25, 0.3) is 15.9 Å². The number of carbonyl (C=O) groups is 1. The summed E-state index contributed by atoms with van der Waals surface area (Å²) in [5, 5.41) is 10.1. The Morgan fingerprint density at radius 3 is 2.19 bits per heavy atom. The predicted octanol–water partition coefficient (Wildman–Crippen LogP) is 3.49. The molecule has 1 amide bonds. The summed E-state index contributed by atoms with van der Waals surface area (Å²) in [7, 11) is -3.84. The predicted molar refractivity (Wildman–Crippen MR) is 103 cm³/mol. The number of hydrogen-bond acceptors (Lipinski definition) is 5. The summed E-state index contributed by atoms with van der Waals surface area (Å²) in [6, 6.07) is 15.8. The fourth-order valence-corrected chi connectivity index (χ4v) is 3.29. The molecule has 9 heteroatoms. The highest BCUT2D eigenvalue weighted by Crippen LogP contribution is 2.18. The number of halogens is 1. The molecule has 3 aromatic rings. The third kappa shape index (κ3) is 4.81. The van der Waals surface area contributed by atoms with Gasteiger partial charge in [-0.3, -0.25) is 9.52 Å². The Morgan fingerprint density at radius 2 is 1.59 bits per heavy atom. The van der Waals surface area contributed by atoms with Crippen LogP contribution in [0.2, 0.25) is 5.15 Å². The first-order valence-corrected chi connectivity index (χ1v) is 9.70. The first kappa shape index (κ1) is 18.8. The average Bonchev–Trinajstić information content (AvgIpc) is 2.64. The molecule has 1 heterocycles. The van der Waals surface area contributed by atoms with Crippen LogP contribution in [-0.2, 0) is 10.0 Å². The number of anilines is 2. The standard InChI is InChI=1S/C18H15ClN4O3S/c1-12-2-4-13(5-3-12)18(24)20-14-6-8-15(9-7-14)27(25,26)23-17-11-10-16(19)21-22-17/h2-11H,1H3,(H,20,24)(H,22,23). The van der Waals surface area contributed by atoms with Gasteiger partial charge in [0.1, 0.15) is 0 Å². The summed E-state index contributed by atoms with van der Waals surface area (Å²) in [5.41, 5.74) is 2.05. The van der Waals surface area contributed by atoms with Gasteiger partial charge in [-0.2, -0.15) is 0 Å². The monoisotopic (exact) mass is 402 g/mol. The van der Waals surface area contributed by atoms with Gasteiger partial charge in [0.15, 0.2) is 11.0 Å². The number of nitrogens with one attached hydrogen (secondary N) is 2. The van der Waals surface area contributed by atoms with Crippen molar-refractivity contribution in [2.45, 2.75) is 11.8 Å². The summed E-state index contributed by atoms with van der Waals surface area (Å²) in [6.45, 7) is 1.94. The quantitative estimate of drug-likeness (QED) is 0.680.